The summed E-state index contributed by atoms with van der Waals surface area (Å²) in [6.45, 7) is 4.35. The van der Waals surface area contributed by atoms with Crippen LogP contribution in [0, 0.1) is 0 Å². The summed E-state index contributed by atoms with van der Waals surface area (Å²) in [5, 5.41) is 12.9. The van der Waals surface area contributed by atoms with Crippen LogP contribution in [0.5, 0.6) is 5.75 Å². The van der Waals surface area contributed by atoms with Gasteiger partial charge in [0.05, 0.1) is 29.0 Å². The molecule has 12 heteroatoms. The molecule has 0 aliphatic carbocycles. The molecular formula is C31H30N4O6S2. The molecule has 1 N–H and O–H groups in total. The standard InChI is InChI=1S/C31H30N4O6S2/c1-4-19-20-14-18(41-30(38)34(3)12-13-42-43-26-8-6-7-11-32-26)9-10-24(20)33-27-21(19)16-35-25(27)15-23-22(28(35)36)17-40-29(37)31(23,39)5-2/h6-11,14-15,39H,4-5,12-13,16-17H2,1-3H3/t31-/m0/s1. The number of hydrogen-bond acceptors (Lipinski definition) is 10. The molecule has 43 heavy (non-hydrogen) atoms. The maximum absolute atomic E-state index is 13.5. The van der Waals surface area contributed by atoms with Gasteiger partial charge in [0.1, 0.15) is 17.4 Å². The van der Waals surface area contributed by atoms with Gasteiger partial charge in [-0.15, -0.1) is 0 Å². The molecule has 0 radical (unpaired) electrons. The number of pyridine rings is 3. The number of aliphatic hydroxyl groups is 1. The van der Waals surface area contributed by atoms with Crippen molar-refractivity contribution < 1.29 is 24.2 Å². The molecule has 1 aromatic carbocycles. The van der Waals surface area contributed by atoms with Crippen molar-refractivity contribution in [2.75, 3.05) is 19.3 Å². The number of nitrogens with zero attached hydrogens (tertiary/aromatic N) is 4. The zero-order valence-corrected chi connectivity index (χ0v) is 25.6. The summed E-state index contributed by atoms with van der Waals surface area (Å²) >= 11 is 0. The largest absolute Gasteiger partial charge is 0.458 e. The average molecular weight is 619 g/mol. The third-order valence-electron chi connectivity index (χ3n) is 7.94. The Labute approximate surface area is 255 Å². The first-order valence-corrected chi connectivity index (χ1v) is 16.3. The van der Waals surface area contributed by atoms with E-state index in [4.69, 9.17) is 14.5 Å². The molecule has 2 aliphatic rings. The number of amides is 1. The number of carbonyl (C=O) groups excluding carboxylic acids is 2. The molecule has 222 valence electrons. The van der Waals surface area contributed by atoms with Crippen LogP contribution in [0.1, 0.15) is 42.5 Å². The van der Waals surface area contributed by atoms with E-state index in [1.54, 1.807) is 64.5 Å². The van der Waals surface area contributed by atoms with Gasteiger partial charge in [-0.1, -0.05) is 30.7 Å². The number of benzene rings is 1. The monoisotopic (exact) mass is 618 g/mol. The molecule has 0 bridgehead atoms. The van der Waals surface area contributed by atoms with Gasteiger partial charge in [-0.05, 0) is 65.6 Å². The highest BCUT2D eigenvalue weighted by Crippen LogP contribution is 2.40. The molecular weight excluding hydrogens is 588 g/mol. The number of rotatable bonds is 8. The molecule has 6 rings (SSSR count). The van der Waals surface area contributed by atoms with E-state index in [1.165, 1.54) is 4.90 Å². The van der Waals surface area contributed by atoms with Crippen molar-refractivity contribution in [3.8, 4) is 17.1 Å². The molecule has 10 nitrogen and oxygen atoms in total. The molecule has 1 atom stereocenters. The molecule has 0 fully saturated rings. The SMILES string of the molecule is CCc1c2c(nc3ccc(OC(=O)N(C)CCSSc4ccccn4)cc13)-c1cc3c(c(=O)n1C2)COC(=O)[C@]3(O)CC. The first kappa shape index (κ1) is 29.2. The van der Waals surface area contributed by atoms with E-state index in [-0.39, 0.29) is 29.7 Å². The number of aryl methyl sites for hydroxylation is 1. The Morgan fingerprint density at radius 2 is 2.02 bits per heavy atom. The Balaban J connectivity index is 1.25. The Hall–Kier alpha value is -3.87. The summed E-state index contributed by atoms with van der Waals surface area (Å²) in [6, 6.07) is 12.8. The molecule has 1 amide bonds. The fraction of sp³-hybridized carbons (Fsp3) is 0.323. The Morgan fingerprint density at radius 1 is 1.19 bits per heavy atom. The fourth-order valence-corrected chi connectivity index (χ4v) is 7.47. The van der Waals surface area contributed by atoms with Crippen LogP contribution >= 0.6 is 21.6 Å². The van der Waals surface area contributed by atoms with Gasteiger partial charge in [0.15, 0.2) is 5.60 Å². The van der Waals surface area contributed by atoms with Crippen LogP contribution in [-0.4, -0.2) is 55.9 Å². The normalized spacial score (nSPS) is 16.8. The van der Waals surface area contributed by atoms with Crippen molar-refractivity contribution in [3.05, 3.63) is 81.3 Å². The van der Waals surface area contributed by atoms with Gasteiger partial charge >= 0.3 is 12.1 Å². The minimum absolute atomic E-state index is 0.0829. The van der Waals surface area contributed by atoms with Crippen LogP contribution in [0.25, 0.3) is 22.3 Å². The lowest BCUT2D eigenvalue weighted by molar-refractivity contribution is -0.172. The minimum atomic E-state index is -1.88. The molecule has 0 unspecified atom stereocenters. The quantitative estimate of drug-likeness (QED) is 0.146. The van der Waals surface area contributed by atoms with Gasteiger partial charge < -0.3 is 24.0 Å². The Morgan fingerprint density at radius 3 is 2.77 bits per heavy atom. The molecule has 3 aromatic heterocycles. The average Bonchev–Trinajstić information content (AvgIpc) is 3.39. The number of hydrogen-bond donors (Lipinski definition) is 1. The lowest BCUT2D eigenvalue weighted by Gasteiger charge is -2.31. The van der Waals surface area contributed by atoms with Crippen LogP contribution in [0.3, 0.4) is 0 Å². The second-order valence-electron chi connectivity index (χ2n) is 10.4. The van der Waals surface area contributed by atoms with Crippen LogP contribution in [-0.2, 0) is 34.7 Å². The predicted molar refractivity (Wildman–Crippen MR) is 165 cm³/mol. The highest BCUT2D eigenvalue weighted by molar-refractivity contribution is 8.76. The van der Waals surface area contributed by atoms with Gasteiger partial charge in [0.25, 0.3) is 5.56 Å². The lowest BCUT2D eigenvalue weighted by Crippen LogP contribution is -2.44. The zero-order valence-electron chi connectivity index (χ0n) is 24.0. The maximum atomic E-state index is 13.5. The van der Waals surface area contributed by atoms with Gasteiger partial charge in [-0.2, -0.15) is 0 Å². The van der Waals surface area contributed by atoms with E-state index in [2.05, 4.69) is 4.98 Å². The van der Waals surface area contributed by atoms with Crippen molar-refractivity contribution >= 4 is 44.6 Å². The smallest absolute Gasteiger partial charge is 0.414 e. The lowest BCUT2D eigenvalue weighted by atomic mass is 9.86. The zero-order chi connectivity index (χ0) is 30.3. The topological polar surface area (TPSA) is 124 Å². The van der Waals surface area contributed by atoms with E-state index >= 15 is 0 Å². The van der Waals surface area contributed by atoms with Gasteiger partial charge in [0, 0.05) is 42.1 Å². The van der Waals surface area contributed by atoms with Gasteiger partial charge in [-0.3, -0.25) is 4.79 Å². The van der Waals surface area contributed by atoms with Crippen molar-refractivity contribution in [1.29, 1.82) is 0 Å². The second-order valence-corrected chi connectivity index (χ2v) is 12.9. The summed E-state index contributed by atoms with van der Waals surface area (Å²) in [7, 11) is 4.88. The Bertz CT molecular complexity index is 1810. The highest BCUT2D eigenvalue weighted by Gasteiger charge is 2.45. The van der Waals surface area contributed by atoms with Gasteiger partial charge in [-0.25, -0.2) is 19.6 Å². The number of ether oxygens (including phenoxy) is 2. The van der Waals surface area contributed by atoms with Crippen molar-refractivity contribution in [2.45, 2.75) is 50.5 Å². The first-order chi connectivity index (χ1) is 20.7. The third-order valence-corrected chi connectivity index (χ3v) is 10.2. The van der Waals surface area contributed by atoms with E-state index in [0.29, 0.717) is 47.9 Å². The van der Waals surface area contributed by atoms with Crippen LogP contribution in [0.4, 0.5) is 4.79 Å². The second kappa shape index (κ2) is 11.7. The first-order valence-electron chi connectivity index (χ1n) is 14.0. The van der Waals surface area contributed by atoms with E-state index in [0.717, 1.165) is 21.5 Å². The van der Waals surface area contributed by atoms with Crippen molar-refractivity contribution in [3.63, 3.8) is 0 Å². The highest BCUT2D eigenvalue weighted by atomic mass is 33.1. The number of aromatic nitrogens is 3. The predicted octanol–water partition coefficient (Wildman–Crippen LogP) is 4.91. The van der Waals surface area contributed by atoms with Crippen LogP contribution in [0.2, 0.25) is 0 Å². The van der Waals surface area contributed by atoms with Crippen molar-refractivity contribution in [1.82, 2.24) is 19.4 Å². The minimum Gasteiger partial charge on any atom is -0.458 e. The molecule has 5 heterocycles. The molecule has 0 saturated heterocycles. The third kappa shape index (κ3) is 5.17. The van der Waals surface area contributed by atoms with E-state index in [1.807, 2.05) is 31.2 Å². The van der Waals surface area contributed by atoms with Crippen molar-refractivity contribution in [2.24, 2.45) is 0 Å². The van der Waals surface area contributed by atoms with Gasteiger partial charge in [0.2, 0.25) is 0 Å². The molecule has 0 spiro atoms. The fourth-order valence-electron chi connectivity index (χ4n) is 5.55. The van der Waals surface area contributed by atoms with E-state index < -0.39 is 17.7 Å². The summed E-state index contributed by atoms with van der Waals surface area (Å²) < 4.78 is 12.5. The van der Waals surface area contributed by atoms with E-state index in [9.17, 15) is 19.5 Å². The molecule has 0 saturated carbocycles. The molecule has 4 aromatic rings. The number of fused-ring (bicyclic) bond motifs is 5. The number of cyclic esters (lactones) is 1. The van der Waals surface area contributed by atoms with Crippen LogP contribution < -0.4 is 10.3 Å². The molecule has 2 aliphatic heterocycles. The summed E-state index contributed by atoms with van der Waals surface area (Å²) in [5.74, 6) is 0.364. The number of carbonyl (C=O) groups is 2. The van der Waals surface area contributed by atoms with Crippen LogP contribution in [0.15, 0.2) is 58.5 Å². The summed E-state index contributed by atoms with van der Waals surface area (Å²) in [6.07, 6.45) is 2.03. The Kier molecular flexibility index (Phi) is 7.92. The maximum Gasteiger partial charge on any atom is 0.414 e. The summed E-state index contributed by atoms with van der Waals surface area (Å²) in [5.41, 5.74) is 2.18. The number of esters is 1. The summed E-state index contributed by atoms with van der Waals surface area (Å²) in [4.78, 5) is 49.6.